The first-order chi connectivity index (χ1) is 7.72. The summed E-state index contributed by atoms with van der Waals surface area (Å²) in [6.45, 7) is 4.16. The summed E-state index contributed by atoms with van der Waals surface area (Å²) < 4.78 is 5.14. The third kappa shape index (κ3) is 5.50. The molecule has 94 valence electrons. The lowest BCUT2D eigenvalue weighted by atomic mass is 10.1. The number of likely N-dealkylation sites (N-methyl/N-ethyl adjacent to an activating group) is 1. The molecular weight excluding hydrogens is 202 g/mol. The van der Waals surface area contributed by atoms with Gasteiger partial charge in [-0.1, -0.05) is 26.2 Å². The van der Waals surface area contributed by atoms with Crippen molar-refractivity contribution >= 4 is 5.97 Å². The molecule has 3 heteroatoms. The van der Waals surface area contributed by atoms with E-state index in [1.54, 1.807) is 0 Å². The molecule has 16 heavy (non-hydrogen) atoms. The quantitative estimate of drug-likeness (QED) is 0.494. The first-order valence-corrected chi connectivity index (χ1v) is 6.56. The molecule has 0 atom stereocenters. The molecule has 0 aromatic carbocycles. The molecule has 0 bridgehead atoms. The van der Waals surface area contributed by atoms with Gasteiger partial charge in [0.05, 0.1) is 13.2 Å². The van der Waals surface area contributed by atoms with Gasteiger partial charge in [-0.15, -0.1) is 0 Å². The van der Waals surface area contributed by atoms with E-state index in [2.05, 4.69) is 11.8 Å². The summed E-state index contributed by atoms with van der Waals surface area (Å²) in [6, 6.07) is 0. The van der Waals surface area contributed by atoms with E-state index in [-0.39, 0.29) is 5.97 Å². The van der Waals surface area contributed by atoms with Crippen LogP contribution in [0, 0.1) is 5.92 Å². The Labute approximate surface area is 99.1 Å². The fraction of sp³-hybridized carbons (Fsp3) is 0.923. The lowest BCUT2D eigenvalue weighted by molar-refractivity contribution is -0.144. The molecule has 0 aliphatic heterocycles. The van der Waals surface area contributed by atoms with E-state index >= 15 is 0 Å². The van der Waals surface area contributed by atoms with Gasteiger partial charge in [0, 0.05) is 6.54 Å². The Hall–Kier alpha value is -0.570. The van der Waals surface area contributed by atoms with Crippen LogP contribution in [0.2, 0.25) is 0 Å². The predicted octanol–water partition coefficient (Wildman–Crippen LogP) is 2.45. The highest BCUT2D eigenvalue weighted by atomic mass is 16.5. The molecule has 0 N–H and O–H groups in total. The molecule has 1 rings (SSSR count). The van der Waals surface area contributed by atoms with Crippen LogP contribution in [0.1, 0.15) is 45.4 Å². The Balaban J connectivity index is 2.07. The molecule has 0 aromatic heterocycles. The summed E-state index contributed by atoms with van der Waals surface area (Å²) in [5.41, 5.74) is 0. The molecule has 0 unspecified atom stereocenters. The largest absolute Gasteiger partial charge is 0.465 e. The maximum Gasteiger partial charge on any atom is 0.320 e. The van der Waals surface area contributed by atoms with Crippen molar-refractivity contribution < 1.29 is 9.53 Å². The lowest BCUT2D eigenvalue weighted by Crippen LogP contribution is -2.31. The monoisotopic (exact) mass is 227 g/mol. The number of carbonyl (C=O) groups is 1. The number of rotatable bonds is 7. The van der Waals surface area contributed by atoms with Gasteiger partial charge in [-0.05, 0) is 32.2 Å². The summed E-state index contributed by atoms with van der Waals surface area (Å²) in [5.74, 6) is 0.724. The fourth-order valence-electron chi connectivity index (χ4n) is 2.29. The fourth-order valence-corrected chi connectivity index (χ4v) is 2.29. The third-order valence-electron chi connectivity index (χ3n) is 3.20. The highest BCUT2D eigenvalue weighted by Crippen LogP contribution is 2.24. The van der Waals surface area contributed by atoms with Crippen molar-refractivity contribution in [2.24, 2.45) is 5.92 Å². The van der Waals surface area contributed by atoms with Gasteiger partial charge in [0.1, 0.15) is 0 Å². The maximum atomic E-state index is 11.4. The smallest absolute Gasteiger partial charge is 0.320 e. The van der Waals surface area contributed by atoms with Crippen LogP contribution in [0.5, 0.6) is 0 Å². The molecule has 1 aliphatic carbocycles. The van der Waals surface area contributed by atoms with Crippen molar-refractivity contribution in [1.29, 1.82) is 0 Å². The number of unbranched alkanes of at least 4 members (excludes halogenated alkanes) is 1. The van der Waals surface area contributed by atoms with E-state index in [9.17, 15) is 4.79 Å². The minimum absolute atomic E-state index is 0.0750. The van der Waals surface area contributed by atoms with Gasteiger partial charge in [0.15, 0.2) is 0 Å². The predicted molar refractivity (Wildman–Crippen MR) is 65.3 cm³/mol. The van der Waals surface area contributed by atoms with Crippen LogP contribution in [-0.4, -0.2) is 37.6 Å². The number of hydrogen-bond acceptors (Lipinski definition) is 3. The molecule has 0 spiro atoms. The molecule has 1 saturated carbocycles. The molecule has 0 saturated heterocycles. The lowest BCUT2D eigenvalue weighted by Gasteiger charge is -2.19. The summed E-state index contributed by atoms with van der Waals surface area (Å²) in [5, 5.41) is 0. The van der Waals surface area contributed by atoms with Gasteiger partial charge in [0.25, 0.3) is 0 Å². The summed E-state index contributed by atoms with van der Waals surface area (Å²) >= 11 is 0. The summed E-state index contributed by atoms with van der Waals surface area (Å²) in [6.07, 6.45) is 7.42. The van der Waals surface area contributed by atoms with Gasteiger partial charge in [-0.2, -0.15) is 0 Å². The van der Waals surface area contributed by atoms with Crippen molar-refractivity contribution in [3.63, 3.8) is 0 Å². The van der Waals surface area contributed by atoms with E-state index in [4.69, 9.17) is 4.74 Å². The summed E-state index contributed by atoms with van der Waals surface area (Å²) in [7, 11) is 2.01. The van der Waals surface area contributed by atoms with E-state index in [0.29, 0.717) is 13.2 Å². The normalized spacial score (nSPS) is 16.9. The minimum atomic E-state index is -0.0750. The second-order valence-electron chi connectivity index (χ2n) is 4.92. The Bertz CT molecular complexity index is 200. The minimum Gasteiger partial charge on any atom is -0.465 e. The van der Waals surface area contributed by atoms with Crippen LogP contribution in [0.3, 0.4) is 0 Å². The number of nitrogens with zero attached hydrogens (tertiary/aromatic N) is 1. The van der Waals surface area contributed by atoms with Gasteiger partial charge in [-0.25, -0.2) is 0 Å². The topological polar surface area (TPSA) is 29.5 Å². The highest BCUT2D eigenvalue weighted by molar-refractivity contribution is 5.71. The molecule has 1 fully saturated rings. The van der Waals surface area contributed by atoms with Crippen molar-refractivity contribution in [2.75, 3.05) is 26.7 Å². The van der Waals surface area contributed by atoms with E-state index < -0.39 is 0 Å². The van der Waals surface area contributed by atoms with Crippen molar-refractivity contribution in [2.45, 2.75) is 45.4 Å². The molecule has 0 heterocycles. The van der Waals surface area contributed by atoms with Crippen molar-refractivity contribution in [3.05, 3.63) is 0 Å². The molecule has 0 amide bonds. The standard InChI is InChI=1S/C13H25NO2/c1-3-4-9-16-13(15)11-14(2)10-12-7-5-6-8-12/h12H,3-11H2,1-2H3. The first kappa shape index (κ1) is 13.5. The van der Waals surface area contributed by atoms with Crippen LogP contribution in [-0.2, 0) is 9.53 Å². The average Bonchev–Trinajstić information content (AvgIpc) is 2.70. The van der Waals surface area contributed by atoms with E-state index in [1.807, 2.05) is 7.05 Å². The first-order valence-electron chi connectivity index (χ1n) is 6.56. The zero-order chi connectivity index (χ0) is 11.8. The van der Waals surface area contributed by atoms with Crippen LogP contribution in [0.25, 0.3) is 0 Å². The third-order valence-corrected chi connectivity index (χ3v) is 3.20. The Morgan fingerprint density at radius 1 is 1.38 bits per heavy atom. The Kier molecular flexibility index (Phi) is 6.46. The van der Waals surface area contributed by atoms with Crippen molar-refractivity contribution in [3.8, 4) is 0 Å². The maximum absolute atomic E-state index is 11.4. The van der Waals surface area contributed by atoms with Crippen LogP contribution in [0.4, 0.5) is 0 Å². The zero-order valence-electron chi connectivity index (χ0n) is 10.7. The second-order valence-corrected chi connectivity index (χ2v) is 4.92. The van der Waals surface area contributed by atoms with Gasteiger partial charge >= 0.3 is 5.97 Å². The number of ether oxygens (including phenoxy) is 1. The Morgan fingerprint density at radius 2 is 2.06 bits per heavy atom. The van der Waals surface area contributed by atoms with Crippen LogP contribution >= 0.6 is 0 Å². The zero-order valence-corrected chi connectivity index (χ0v) is 10.7. The molecule has 0 radical (unpaired) electrons. The number of carbonyl (C=O) groups excluding carboxylic acids is 1. The van der Waals surface area contributed by atoms with Gasteiger partial charge in [0.2, 0.25) is 0 Å². The number of esters is 1. The highest BCUT2D eigenvalue weighted by Gasteiger charge is 2.18. The second kappa shape index (κ2) is 7.66. The van der Waals surface area contributed by atoms with E-state index in [1.165, 1.54) is 25.7 Å². The van der Waals surface area contributed by atoms with Gasteiger partial charge < -0.3 is 4.74 Å². The van der Waals surface area contributed by atoms with Crippen LogP contribution < -0.4 is 0 Å². The van der Waals surface area contributed by atoms with Crippen LogP contribution in [0.15, 0.2) is 0 Å². The Morgan fingerprint density at radius 3 is 2.69 bits per heavy atom. The molecule has 0 aromatic rings. The van der Waals surface area contributed by atoms with Gasteiger partial charge in [-0.3, -0.25) is 9.69 Å². The SMILES string of the molecule is CCCCOC(=O)CN(C)CC1CCCC1. The average molecular weight is 227 g/mol. The molecular formula is C13H25NO2. The molecule has 1 aliphatic rings. The number of hydrogen-bond donors (Lipinski definition) is 0. The summed E-state index contributed by atoms with van der Waals surface area (Å²) in [4.78, 5) is 13.5. The van der Waals surface area contributed by atoms with E-state index in [0.717, 1.165) is 25.3 Å². The van der Waals surface area contributed by atoms with Crippen molar-refractivity contribution in [1.82, 2.24) is 4.90 Å². The molecule has 3 nitrogen and oxygen atoms in total.